The molecule has 1 aromatic carbocycles. The molecule has 0 radical (unpaired) electrons. The number of hydrogen-bond donors (Lipinski definition) is 0. The smallest absolute Gasteiger partial charge is 0.246 e. The lowest BCUT2D eigenvalue weighted by Gasteiger charge is -2.02. The summed E-state index contributed by atoms with van der Waals surface area (Å²) < 4.78 is 1.66. The average Bonchev–Trinajstić information content (AvgIpc) is 2.53. The van der Waals surface area contributed by atoms with E-state index in [9.17, 15) is 4.79 Å². The van der Waals surface area contributed by atoms with Crippen molar-refractivity contribution in [2.45, 2.75) is 6.92 Å². The van der Waals surface area contributed by atoms with Crippen molar-refractivity contribution >= 4 is 28.4 Å². The van der Waals surface area contributed by atoms with Gasteiger partial charge in [0.05, 0.1) is 5.52 Å². The van der Waals surface area contributed by atoms with E-state index < -0.39 is 0 Å². The third-order valence-electron chi connectivity index (χ3n) is 2.26. The van der Waals surface area contributed by atoms with Gasteiger partial charge in [0.25, 0.3) is 0 Å². The Kier molecular flexibility index (Phi) is 2.30. The summed E-state index contributed by atoms with van der Waals surface area (Å²) in [5.41, 5.74) is 1.85. The highest BCUT2D eigenvalue weighted by Crippen LogP contribution is 2.18. The van der Waals surface area contributed by atoms with Gasteiger partial charge >= 0.3 is 0 Å². The first-order chi connectivity index (χ1) is 6.74. The number of aromatic nitrogens is 1. The van der Waals surface area contributed by atoms with E-state index in [0.29, 0.717) is 0 Å². The van der Waals surface area contributed by atoms with Gasteiger partial charge in [0, 0.05) is 11.1 Å². The molecule has 0 atom stereocenters. The van der Waals surface area contributed by atoms with Crippen molar-refractivity contribution in [3.63, 3.8) is 0 Å². The Bertz CT molecular complexity index is 487. The molecule has 0 amide bonds. The van der Waals surface area contributed by atoms with Gasteiger partial charge in [-0.2, -0.15) is 0 Å². The molecular weight excluding hydrogens is 198 g/mol. The molecule has 0 unspecified atom stereocenters. The summed E-state index contributed by atoms with van der Waals surface area (Å²) in [6, 6.07) is 9.77. The van der Waals surface area contributed by atoms with E-state index >= 15 is 0 Å². The van der Waals surface area contributed by atoms with Crippen molar-refractivity contribution in [3.05, 3.63) is 36.0 Å². The Hall–Kier alpha value is -1.28. The third-order valence-corrected chi connectivity index (χ3v) is 2.49. The SMILES string of the molecule is Cc1cc2ccccc2n1C(=O)CCl. The minimum absolute atomic E-state index is 0.0134. The van der Waals surface area contributed by atoms with Crippen molar-refractivity contribution in [3.8, 4) is 0 Å². The van der Waals surface area contributed by atoms with Gasteiger partial charge in [-0.3, -0.25) is 9.36 Å². The van der Waals surface area contributed by atoms with Gasteiger partial charge in [0.15, 0.2) is 0 Å². The van der Waals surface area contributed by atoms with Gasteiger partial charge < -0.3 is 0 Å². The molecular formula is C11H10ClNO. The van der Waals surface area contributed by atoms with Gasteiger partial charge in [0.2, 0.25) is 5.91 Å². The van der Waals surface area contributed by atoms with Crippen LogP contribution in [0.5, 0.6) is 0 Å². The molecule has 72 valence electrons. The van der Waals surface area contributed by atoms with Crippen molar-refractivity contribution in [2.24, 2.45) is 0 Å². The van der Waals surface area contributed by atoms with Gasteiger partial charge in [-0.1, -0.05) is 18.2 Å². The number of carbonyl (C=O) groups is 1. The summed E-state index contributed by atoms with van der Waals surface area (Å²) in [4.78, 5) is 11.5. The fraction of sp³-hybridized carbons (Fsp3) is 0.182. The maximum atomic E-state index is 11.5. The second-order valence-corrected chi connectivity index (χ2v) is 3.47. The van der Waals surface area contributed by atoms with E-state index in [-0.39, 0.29) is 11.8 Å². The first-order valence-corrected chi connectivity index (χ1v) is 4.93. The minimum Gasteiger partial charge on any atom is -0.283 e. The Morgan fingerprint density at radius 3 is 2.86 bits per heavy atom. The first-order valence-electron chi connectivity index (χ1n) is 4.40. The van der Waals surface area contributed by atoms with Crippen LogP contribution in [0, 0.1) is 6.92 Å². The third kappa shape index (κ3) is 1.32. The molecule has 14 heavy (non-hydrogen) atoms. The molecule has 0 aliphatic rings. The maximum Gasteiger partial charge on any atom is 0.246 e. The van der Waals surface area contributed by atoms with Crippen molar-refractivity contribution < 1.29 is 4.79 Å². The van der Waals surface area contributed by atoms with E-state index in [0.717, 1.165) is 16.6 Å². The molecule has 1 aromatic heterocycles. The number of para-hydroxylation sites is 1. The maximum absolute atomic E-state index is 11.5. The van der Waals surface area contributed by atoms with E-state index in [2.05, 4.69) is 0 Å². The van der Waals surface area contributed by atoms with Crippen LogP contribution >= 0.6 is 11.6 Å². The largest absolute Gasteiger partial charge is 0.283 e. The van der Waals surface area contributed by atoms with Crippen LogP contribution in [0.15, 0.2) is 30.3 Å². The number of fused-ring (bicyclic) bond motifs is 1. The molecule has 0 bridgehead atoms. The zero-order valence-corrected chi connectivity index (χ0v) is 8.58. The monoisotopic (exact) mass is 207 g/mol. The highest BCUT2D eigenvalue weighted by molar-refractivity contribution is 6.28. The van der Waals surface area contributed by atoms with Crippen molar-refractivity contribution in [2.75, 3.05) is 5.88 Å². The lowest BCUT2D eigenvalue weighted by atomic mass is 10.2. The Morgan fingerprint density at radius 2 is 2.14 bits per heavy atom. The number of carbonyl (C=O) groups excluding carboxylic acids is 1. The molecule has 0 aliphatic carbocycles. The van der Waals surface area contributed by atoms with Crippen LogP contribution < -0.4 is 0 Å². The number of hydrogen-bond acceptors (Lipinski definition) is 1. The topological polar surface area (TPSA) is 22.0 Å². The Balaban J connectivity index is 2.74. The summed E-state index contributed by atoms with van der Waals surface area (Å²) >= 11 is 5.55. The number of nitrogens with zero attached hydrogens (tertiary/aromatic N) is 1. The molecule has 1 heterocycles. The summed E-state index contributed by atoms with van der Waals surface area (Å²) in [6.45, 7) is 1.91. The first kappa shape index (κ1) is 9.28. The van der Waals surface area contributed by atoms with E-state index in [4.69, 9.17) is 11.6 Å². The zero-order valence-electron chi connectivity index (χ0n) is 7.83. The number of halogens is 1. The Labute approximate surface area is 87.1 Å². The lowest BCUT2D eigenvalue weighted by molar-refractivity contribution is 0.0943. The molecule has 0 aliphatic heterocycles. The fourth-order valence-corrected chi connectivity index (χ4v) is 1.80. The second kappa shape index (κ2) is 3.46. The fourth-order valence-electron chi connectivity index (χ4n) is 1.68. The van der Waals surface area contributed by atoms with Gasteiger partial charge in [-0.05, 0) is 19.1 Å². The molecule has 0 N–H and O–H groups in total. The predicted octanol–water partition coefficient (Wildman–Crippen LogP) is 2.83. The number of rotatable bonds is 1. The molecule has 0 saturated heterocycles. The van der Waals surface area contributed by atoms with Gasteiger partial charge in [0.1, 0.15) is 5.88 Å². The van der Waals surface area contributed by atoms with E-state index in [1.54, 1.807) is 4.57 Å². The predicted molar refractivity (Wildman–Crippen MR) is 58.0 cm³/mol. The van der Waals surface area contributed by atoms with Crippen LogP contribution in [0.4, 0.5) is 0 Å². The van der Waals surface area contributed by atoms with Crippen LogP contribution in [-0.2, 0) is 0 Å². The Morgan fingerprint density at radius 1 is 1.43 bits per heavy atom. The molecule has 2 aromatic rings. The van der Waals surface area contributed by atoms with Crippen molar-refractivity contribution in [1.82, 2.24) is 4.57 Å². The standard InChI is InChI=1S/C11H10ClNO/c1-8-6-9-4-2-3-5-10(9)13(8)11(14)7-12/h2-6H,7H2,1H3. The van der Waals surface area contributed by atoms with Crippen molar-refractivity contribution in [1.29, 1.82) is 0 Å². The molecule has 2 rings (SSSR count). The molecule has 0 fully saturated rings. The van der Waals surface area contributed by atoms with Crippen LogP contribution in [-0.4, -0.2) is 16.4 Å². The lowest BCUT2D eigenvalue weighted by Crippen LogP contribution is -2.12. The van der Waals surface area contributed by atoms with Crippen LogP contribution in [0.1, 0.15) is 10.5 Å². The number of alkyl halides is 1. The zero-order chi connectivity index (χ0) is 10.1. The summed E-state index contributed by atoms with van der Waals surface area (Å²) in [6.07, 6.45) is 0. The van der Waals surface area contributed by atoms with Crippen LogP contribution in [0.2, 0.25) is 0 Å². The van der Waals surface area contributed by atoms with Crippen LogP contribution in [0.25, 0.3) is 10.9 Å². The summed E-state index contributed by atoms with van der Waals surface area (Å²) in [5.74, 6) is -0.0650. The number of benzene rings is 1. The average molecular weight is 208 g/mol. The number of aryl methyl sites for hydroxylation is 1. The quantitative estimate of drug-likeness (QED) is 0.660. The minimum atomic E-state index is -0.0784. The highest BCUT2D eigenvalue weighted by atomic mass is 35.5. The second-order valence-electron chi connectivity index (χ2n) is 3.21. The summed E-state index contributed by atoms with van der Waals surface area (Å²) in [5, 5.41) is 1.07. The van der Waals surface area contributed by atoms with E-state index in [1.807, 2.05) is 37.3 Å². The highest BCUT2D eigenvalue weighted by Gasteiger charge is 2.10. The van der Waals surface area contributed by atoms with Gasteiger partial charge in [-0.25, -0.2) is 0 Å². The molecule has 0 spiro atoms. The van der Waals surface area contributed by atoms with E-state index in [1.165, 1.54) is 0 Å². The molecule has 2 nitrogen and oxygen atoms in total. The molecule has 3 heteroatoms. The van der Waals surface area contributed by atoms with Crippen LogP contribution in [0.3, 0.4) is 0 Å². The normalized spacial score (nSPS) is 10.7. The molecule has 0 saturated carbocycles. The summed E-state index contributed by atoms with van der Waals surface area (Å²) in [7, 11) is 0. The van der Waals surface area contributed by atoms with Gasteiger partial charge in [-0.15, -0.1) is 11.6 Å².